The minimum Gasteiger partial charge on any atom is -0.411 e. The molecule has 1 aromatic heterocycles. The third-order valence-electron chi connectivity index (χ3n) is 6.62. The highest BCUT2D eigenvalue weighted by molar-refractivity contribution is 6.00. The lowest BCUT2D eigenvalue weighted by Gasteiger charge is -2.30. The Bertz CT molecular complexity index is 1120. The monoisotopic (exact) mass is 490 g/mol. The van der Waals surface area contributed by atoms with E-state index in [1.807, 2.05) is 13.8 Å². The van der Waals surface area contributed by atoms with Crippen molar-refractivity contribution in [3.8, 4) is 5.69 Å². The molecule has 1 aromatic carbocycles. The van der Waals surface area contributed by atoms with Gasteiger partial charge in [0, 0.05) is 25.1 Å². The van der Waals surface area contributed by atoms with Crippen molar-refractivity contribution in [1.82, 2.24) is 9.78 Å². The number of rotatable bonds is 6. The summed E-state index contributed by atoms with van der Waals surface area (Å²) in [6.45, 7) is 10.2. The molecular weight excluding hydrogens is 461 g/mol. The van der Waals surface area contributed by atoms with E-state index in [-0.39, 0.29) is 36.4 Å². The van der Waals surface area contributed by atoms with Crippen LogP contribution in [0.2, 0.25) is 0 Å². The van der Waals surface area contributed by atoms with Crippen LogP contribution in [0, 0.1) is 12.3 Å². The first-order chi connectivity index (χ1) is 16.5. The number of aromatic nitrogens is 2. The number of benzene rings is 1. The van der Waals surface area contributed by atoms with E-state index in [1.54, 1.807) is 18.2 Å². The highest BCUT2D eigenvalue weighted by Gasteiger charge is 2.45. The van der Waals surface area contributed by atoms with Gasteiger partial charge < -0.3 is 15.3 Å². The largest absolute Gasteiger partial charge is 0.435 e. The zero-order chi connectivity index (χ0) is 25.4. The summed E-state index contributed by atoms with van der Waals surface area (Å²) < 4.78 is 48.2. The van der Waals surface area contributed by atoms with Gasteiger partial charge in [0.2, 0.25) is 0 Å². The van der Waals surface area contributed by atoms with Crippen molar-refractivity contribution in [1.29, 1.82) is 0 Å². The van der Waals surface area contributed by atoms with Gasteiger partial charge in [-0.05, 0) is 55.2 Å². The molecular formula is C25H29F3N4O3. The summed E-state index contributed by atoms with van der Waals surface area (Å²) in [6, 6.07) is 5.07. The van der Waals surface area contributed by atoms with Gasteiger partial charge in [0.15, 0.2) is 11.5 Å². The van der Waals surface area contributed by atoms with E-state index in [4.69, 9.17) is 16.9 Å². The molecule has 2 aromatic rings. The molecule has 0 saturated heterocycles. The number of hydrogen-bond acceptors (Lipinski definition) is 6. The van der Waals surface area contributed by atoms with Crippen LogP contribution in [-0.4, -0.2) is 45.7 Å². The molecule has 0 unspecified atom stereocenters. The number of fused-ring (bicyclic) bond motifs is 1. The standard InChI is InChI=1S/C25H29F3N4O3/c1-15-4-7-17(12-19(15)30-16-5-8-18(9-6-16)35-11-10-29-34)32-20-13-24(2,3)14-21(33)22(20)23(31-32)25(26,27)28/h1,4,7,10,12,16,18,30,34H,5-6,8-9,11,13-14H2,2-3H3/b29-10+/t16-,18-. The zero-order valence-corrected chi connectivity index (χ0v) is 19.7. The normalized spacial score (nSPS) is 22.4. The Morgan fingerprint density at radius 1 is 1.29 bits per heavy atom. The third kappa shape index (κ3) is 5.52. The Morgan fingerprint density at radius 3 is 2.66 bits per heavy atom. The van der Waals surface area contributed by atoms with E-state index in [2.05, 4.69) is 15.6 Å². The molecule has 1 heterocycles. The van der Waals surface area contributed by atoms with Gasteiger partial charge >= 0.3 is 6.18 Å². The van der Waals surface area contributed by atoms with E-state index in [9.17, 15) is 18.0 Å². The highest BCUT2D eigenvalue weighted by Crippen LogP contribution is 2.42. The number of alkyl halides is 3. The Balaban J connectivity index is 1.59. The van der Waals surface area contributed by atoms with Crippen LogP contribution in [0.15, 0.2) is 23.4 Å². The van der Waals surface area contributed by atoms with Gasteiger partial charge in [-0.3, -0.25) is 4.79 Å². The number of halogens is 3. The first-order valence-electron chi connectivity index (χ1n) is 11.6. The summed E-state index contributed by atoms with van der Waals surface area (Å²) in [5, 5.41) is 18.7. The lowest BCUT2D eigenvalue weighted by Crippen LogP contribution is -2.30. The predicted molar refractivity (Wildman–Crippen MR) is 124 cm³/mol. The molecule has 4 rings (SSSR count). The van der Waals surface area contributed by atoms with Crippen LogP contribution in [-0.2, 0) is 17.3 Å². The molecule has 1 saturated carbocycles. The van der Waals surface area contributed by atoms with Gasteiger partial charge in [-0.25, -0.2) is 4.68 Å². The van der Waals surface area contributed by atoms with E-state index in [0.717, 1.165) is 25.7 Å². The highest BCUT2D eigenvalue weighted by atomic mass is 19.4. The smallest absolute Gasteiger partial charge is 0.411 e. The average Bonchev–Trinajstić information content (AvgIpc) is 3.16. The molecule has 2 N–H and O–H groups in total. The van der Waals surface area contributed by atoms with Gasteiger partial charge in [-0.2, -0.15) is 18.3 Å². The number of carbonyl (C=O) groups is 1. The summed E-state index contributed by atoms with van der Waals surface area (Å²) in [6.07, 6.45) is 0.259. The minimum absolute atomic E-state index is 0.0442. The fourth-order valence-electron chi connectivity index (χ4n) is 4.97. The van der Waals surface area contributed by atoms with Crippen LogP contribution in [0.1, 0.15) is 73.3 Å². The minimum atomic E-state index is -4.73. The number of oxime groups is 1. The second-order valence-electron chi connectivity index (χ2n) is 10.0. The maximum absolute atomic E-state index is 13.8. The van der Waals surface area contributed by atoms with Crippen LogP contribution in [0.25, 0.3) is 5.69 Å². The molecule has 1 fully saturated rings. The number of anilines is 1. The fraction of sp³-hybridized carbons (Fsp3) is 0.520. The van der Waals surface area contributed by atoms with Crippen LogP contribution < -0.4 is 5.32 Å². The average molecular weight is 491 g/mol. The number of ether oxygens (including phenoxy) is 1. The number of nitrogens with zero attached hydrogens (tertiary/aromatic N) is 3. The second kappa shape index (κ2) is 9.64. The Labute approximate surface area is 202 Å². The number of nitrogens with one attached hydrogen (secondary N) is 1. The maximum atomic E-state index is 13.8. The lowest BCUT2D eigenvalue weighted by atomic mass is 9.75. The number of carbonyl (C=O) groups excluding carboxylic acids is 1. The summed E-state index contributed by atoms with van der Waals surface area (Å²) in [5.74, 6) is -0.534. The third-order valence-corrected chi connectivity index (χ3v) is 6.62. The molecule has 2 aliphatic rings. The predicted octanol–water partition coefficient (Wildman–Crippen LogP) is 5.31. The molecule has 188 valence electrons. The Morgan fingerprint density at radius 2 is 2.00 bits per heavy atom. The number of hydrogen-bond donors (Lipinski definition) is 2. The molecule has 7 nitrogen and oxygen atoms in total. The second-order valence-corrected chi connectivity index (χ2v) is 10.0. The summed E-state index contributed by atoms with van der Waals surface area (Å²) >= 11 is 0. The number of Topliss-reactive ketones (excluding diaryl/α,β-unsaturated/α-hetero) is 1. The van der Waals surface area contributed by atoms with Crippen LogP contribution in [0.4, 0.5) is 18.9 Å². The molecule has 2 aliphatic carbocycles. The summed E-state index contributed by atoms with van der Waals surface area (Å²) in [7, 11) is 0. The maximum Gasteiger partial charge on any atom is 0.435 e. The van der Waals surface area contributed by atoms with Crippen molar-refractivity contribution in [2.45, 2.75) is 70.7 Å². The number of ketones is 1. The van der Waals surface area contributed by atoms with E-state index < -0.39 is 23.1 Å². The van der Waals surface area contributed by atoms with Gasteiger partial charge in [-0.1, -0.05) is 25.1 Å². The summed E-state index contributed by atoms with van der Waals surface area (Å²) in [4.78, 5) is 12.7. The molecule has 0 atom stereocenters. The molecule has 35 heavy (non-hydrogen) atoms. The SMILES string of the molecule is [CH]c1ccc(-n2nc(C(F)(F)F)c3c2CC(C)(C)CC3=O)cc1N[C@H]1CC[C@H](OC/C=N/O)CC1. The van der Waals surface area contributed by atoms with Gasteiger partial charge in [0.05, 0.1) is 35.9 Å². The molecule has 0 bridgehead atoms. The van der Waals surface area contributed by atoms with Crippen molar-refractivity contribution in [2.24, 2.45) is 10.6 Å². The van der Waals surface area contributed by atoms with Gasteiger partial charge in [0.25, 0.3) is 0 Å². The lowest BCUT2D eigenvalue weighted by molar-refractivity contribution is -0.141. The van der Waals surface area contributed by atoms with Crippen LogP contribution in [0.3, 0.4) is 0 Å². The van der Waals surface area contributed by atoms with Crippen molar-refractivity contribution in [2.75, 3.05) is 11.9 Å². The quantitative estimate of drug-likeness (QED) is 0.326. The van der Waals surface area contributed by atoms with Gasteiger partial charge in [-0.15, -0.1) is 0 Å². The molecule has 2 radical (unpaired) electrons. The Hall–Kier alpha value is -2.88. The first-order valence-corrected chi connectivity index (χ1v) is 11.6. The van der Waals surface area contributed by atoms with Gasteiger partial charge in [0.1, 0.15) is 0 Å². The van der Waals surface area contributed by atoms with Crippen molar-refractivity contribution >= 4 is 17.7 Å². The summed E-state index contributed by atoms with van der Waals surface area (Å²) in [5.41, 5.74) is -0.156. The molecule has 0 amide bonds. The van der Waals surface area contributed by atoms with E-state index in [0.29, 0.717) is 23.4 Å². The topological polar surface area (TPSA) is 88.7 Å². The van der Waals surface area contributed by atoms with E-state index in [1.165, 1.54) is 10.9 Å². The fourth-order valence-corrected chi connectivity index (χ4v) is 4.97. The van der Waals surface area contributed by atoms with Crippen LogP contribution >= 0.6 is 0 Å². The van der Waals surface area contributed by atoms with Crippen LogP contribution in [0.5, 0.6) is 0 Å². The van der Waals surface area contributed by atoms with Crippen molar-refractivity contribution in [3.05, 3.63) is 47.6 Å². The first kappa shape index (κ1) is 25.2. The zero-order valence-electron chi connectivity index (χ0n) is 19.7. The van der Waals surface area contributed by atoms with Crippen molar-refractivity contribution < 1.29 is 27.9 Å². The van der Waals surface area contributed by atoms with E-state index >= 15 is 0 Å². The molecule has 10 heteroatoms. The van der Waals surface area contributed by atoms with Crippen molar-refractivity contribution in [3.63, 3.8) is 0 Å². The molecule has 0 aliphatic heterocycles. The Kier molecular flexibility index (Phi) is 6.95. The molecule has 0 spiro atoms.